The number of carbonyl (C=O) groups excluding carboxylic acids is 3. The minimum absolute atomic E-state index is 0.111. The van der Waals surface area contributed by atoms with Crippen molar-refractivity contribution in [3.8, 4) is 0 Å². The zero-order chi connectivity index (χ0) is 20.4. The molecule has 0 aliphatic heterocycles. The van der Waals surface area contributed by atoms with Gasteiger partial charge in [0.15, 0.2) is 0 Å². The number of alkyl carbamates (subject to hydrolysis) is 1. The van der Waals surface area contributed by atoms with Crippen LogP contribution in [0.15, 0.2) is 42.9 Å². The Morgan fingerprint density at radius 2 is 1.96 bits per heavy atom. The van der Waals surface area contributed by atoms with E-state index >= 15 is 0 Å². The quantitative estimate of drug-likeness (QED) is 0.540. The minimum Gasteiger partial charge on any atom is -0.445 e. The van der Waals surface area contributed by atoms with Gasteiger partial charge in [0.05, 0.1) is 12.4 Å². The SMILES string of the molecule is CC(C)C[C@H](NC(=O)OCc1ccccc1)C(=O)N[C@H](C=O)Cc1cnc[nH]1. The van der Waals surface area contributed by atoms with Gasteiger partial charge in [0, 0.05) is 18.3 Å². The molecule has 0 saturated carbocycles. The van der Waals surface area contributed by atoms with Crippen LogP contribution >= 0.6 is 0 Å². The van der Waals surface area contributed by atoms with Crippen molar-refractivity contribution in [1.82, 2.24) is 20.6 Å². The summed E-state index contributed by atoms with van der Waals surface area (Å²) in [5.41, 5.74) is 1.58. The minimum atomic E-state index is -0.799. The Balaban J connectivity index is 1.91. The first-order valence-electron chi connectivity index (χ1n) is 9.18. The van der Waals surface area contributed by atoms with Gasteiger partial charge in [-0.2, -0.15) is 0 Å². The van der Waals surface area contributed by atoms with Crippen molar-refractivity contribution in [3.05, 3.63) is 54.1 Å². The molecule has 8 nitrogen and oxygen atoms in total. The highest BCUT2D eigenvalue weighted by Crippen LogP contribution is 2.07. The van der Waals surface area contributed by atoms with Crippen LogP contribution in [-0.4, -0.2) is 40.3 Å². The molecule has 2 rings (SSSR count). The fourth-order valence-electron chi connectivity index (χ4n) is 2.66. The number of imidazole rings is 1. The molecule has 0 fully saturated rings. The first-order chi connectivity index (χ1) is 13.5. The number of benzene rings is 1. The smallest absolute Gasteiger partial charge is 0.408 e. The van der Waals surface area contributed by atoms with E-state index in [1.54, 1.807) is 6.20 Å². The zero-order valence-electron chi connectivity index (χ0n) is 16.1. The molecule has 0 unspecified atom stereocenters. The monoisotopic (exact) mass is 386 g/mol. The topological polar surface area (TPSA) is 113 Å². The molecule has 1 heterocycles. The van der Waals surface area contributed by atoms with E-state index in [9.17, 15) is 14.4 Å². The van der Waals surface area contributed by atoms with Gasteiger partial charge in [0.2, 0.25) is 5.91 Å². The molecule has 3 N–H and O–H groups in total. The van der Waals surface area contributed by atoms with Crippen LogP contribution in [0.25, 0.3) is 0 Å². The number of rotatable bonds is 10. The molecule has 8 heteroatoms. The number of ether oxygens (including phenoxy) is 1. The molecular weight excluding hydrogens is 360 g/mol. The molecule has 0 bridgehead atoms. The fraction of sp³-hybridized carbons (Fsp3) is 0.400. The predicted octanol–water partition coefficient (Wildman–Crippen LogP) is 1.98. The molecule has 0 aliphatic rings. The number of aromatic nitrogens is 2. The Morgan fingerprint density at radius 3 is 2.57 bits per heavy atom. The summed E-state index contributed by atoms with van der Waals surface area (Å²) < 4.78 is 5.19. The molecule has 0 spiro atoms. The van der Waals surface area contributed by atoms with Crippen molar-refractivity contribution < 1.29 is 19.1 Å². The van der Waals surface area contributed by atoms with Crippen molar-refractivity contribution in [2.24, 2.45) is 5.92 Å². The molecule has 1 aromatic carbocycles. The van der Waals surface area contributed by atoms with Gasteiger partial charge in [-0.1, -0.05) is 44.2 Å². The lowest BCUT2D eigenvalue weighted by Crippen LogP contribution is -2.51. The third kappa shape index (κ3) is 7.22. The summed E-state index contributed by atoms with van der Waals surface area (Å²) in [6.07, 6.45) is 3.79. The van der Waals surface area contributed by atoms with Crippen molar-refractivity contribution in [2.75, 3.05) is 0 Å². The highest BCUT2D eigenvalue weighted by molar-refractivity contribution is 5.87. The van der Waals surface area contributed by atoms with Crippen LogP contribution in [0.1, 0.15) is 31.5 Å². The Morgan fingerprint density at radius 1 is 1.21 bits per heavy atom. The average molecular weight is 386 g/mol. The largest absolute Gasteiger partial charge is 0.445 e. The maximum atomic E-state index is 12.6. The number of hydrogen-bond acceptors (Lipinski definition) is 5. The van der Waals surface area contributed by atoms with E-state index in [-0.39, 0.29) is 12.5 Å². The summed E-state index contributed by atoms with van der Waals surface area (Å²) in [6.45, 7) is 4.00. The van der Waals surface area contributed by atoms with Gasteiger partial charge in [-0.15, -0.1) is 0 Å². The van der Waals surface area contributed by atoms with Crippen molar-refractivity contribution in [3.63, 3.8) is 0 Å². The van der Waals surface area contributed by atoms with Crippen molar-refractivity contribution >= 4 is 18.3 Å². The van der Waals surface area contributed by atoms with Crippen LogP contribution in [0.2, 0.25) is 0 Å². The molecule has 0 radical (unpaired) electrons. The normalized spacial score (nSPS) is 12.8. The molecule has 150 valence electrons. The van der Waals surface area contributed by atoms with E-state index in [4.69, 9.17) is 4.74 Å². The molecular formula is C20H26N4O4. The van der Waals surface area contributed by atoms with E-state index in [0.29, 0.717) is 19.1 Å². The summed E-state index contributed by atoms with van der Waals surface area (Å²) in [4.78, 5) is 42.9. The van der Waals surface area contributed by atoms with Crippen LogP contribution in [0.3, 0.4) is 0 Å². The summed E-state index contributed by atoms with van der Waals surface area (Å²) in [5, 5.41) is 5.26. The molecule has 28 heavy (non-hydrogen) atoms. The van der Waals surface area contributed by atoms with Crippen molar-refractivity contribution in [1.29, 1.82) is 0 Å². The van der Waals surface area contributed by atoms with Gasteiger partial charge in [0.1, 0.15) is 18.9 Å². The van der Waals surface area contributed by atoms with E-state index in [1.165, 1.54) is 6.33 Å². The average Bonchev–Trinajstić information content (AvgIpc) is 3.18. The van der Waals surface area contributed by atoms with Crippen LogP contribution in [0, 0.1) is 5.92 Å². The Bertz CT molecular complexity index is 747. The number of nitrogens with zero attached hydrogens (tertiary/aromatic N) is 1. The Kier molecular flexibility index (Phi) is 8.20. The van der Waals surface area contributed by atoms with Crippen LogP contribution in [0.5, 0.6) is 0 Å². The second-order valence-electron chi connectivity index (χ2n) is 6.92. The lowest BCUT2D eigenvalue weighted by molar-refractivity contribution is -0.126. The van der Waals surface area contributed by atoms with Crippen LogP contribution in [-0.2, 0) is 27.4 Å². The van der Waals surface area contributed by atoms with Crippen LogP contribution in [0.4, 0.5) is 4.79 Å². The number of nitrogens with one attached hydrogen (secondary N) is 3. The molecule has 2 atom stereocenters. The number of amides is 2. The first-order valence-corrected chi connectivity index (χ1v) is 9.18. The highest BCUT2D eigenvalue weighted by atomic mass is 16.5. The maximum absolute atomic E-state index is 12.6. The van der Waals surface area contributed by atoms with Crippen molar-refractivity contribution in [2.45, 2.75) is 45.4 Å². The van der Waals surface area contributed by atoms with Crippen LogP contribution < -0.4 is 10.6 Å². The Hall–Kier alpha value is -3.16. The summed E-state index contributed by atoms with van der Waals surface area (Å²) in [6, 6.07) is 7.75. The lowest BCUT2D eigenvalue weighted by Gasteiger charge is -2.22. The predicted molar refractivity (Wildman–Crippen MR) is 103 cm³/mol. The highest BCUT2D eigenvalue weighted by Gasteiger charge is 2.25. The van der Waals surface area contributed by atoms with Gasteiger partial charge >= 0.3 is 6.09 Å². The molecule has 1 aromatic heterocycles. The van der Waals surface area contributed by atoms with Gasteiger partial charge in [0.25, 0.3) is 0 Å². The van der Waals surface area contributed by atoms with E-state index in [2.05, 4.69) is 20.6 Å². The van der Waals surface area contributed by atoms with E-state index in [1.807, 2.05) is 44.2 Å². The maximum Gasteiger partial charge on any atom is 0.408 e. The summed E-state index contributed by atoms with van der Waals surface area (Å²) in [5.74, 6) is -0.269. The summed E-state index contributed by atoms with van der Waals surface area (Å²) in [7, 11) is 0. The Labute approximate surface area is 164 Å². The number of H-pyrrole nitrogens is 1. The number of carbonyl (C=O) groups is 3. The standard InChI is InChI=1S/C20H26N4O4/c1-14(2)8-18(24-20(27)28-12-15-6-4-3-5-7-15)19(26)23-17(11-25)9-16-10-21-13-22-16/h3-7,10-11,13-14,17-18H,8-9,12H2,1-2H3,(H,21,22)(H,23,26)(H,24,27)/t17-,18-/m0/s1. The van der Waals surface area contributed by atoms with Gasteiger partial charge in [-0.05, 0) is 17.9 Å². The first kappa shape index (κ1) is 21.1. The lowest BCUT2D eigenvalue weighted by atomic mass is 10.0. The summed E-state index contributed by atoms with van der Waals surface area (Å²) >= 11 is 0. The molecule has 0 aliphatic carbocycles. The van der Waals surface area contributed by atoms with Gasteiger partial charge in [-0.3, -0.25) is 4.79 Å². The van der Waals surface area contributed by atoms with E-state index in [0.717, 1.165) is 11.3 Å². The molecule has 2 amide bonds. The molecule has 0 saturated heterocycles. The molecule has 2 aromatic rings. The van der Waals surface area contributed by atoms with E-state index < -0.39 is 24.1 Å². The second-order valence-corrected chi connectivity index (χ2v) is 6.92. The fourth-order valence-corrected chi connectivity index (χ4v) is 2.66. The zero-order valence-corrected chi connectivity index (χ0v) is 16.1. The number of hydrogen-bond donors (Lipinski definition) is 3. The third-order valence-corrected chi connectivity index (χ3v) is 4.02. The second kappa shape index (κ2) is 10.9. The number of aldehydes is 1. The third-order valence-electron chi connectivity index (χ3n) is 4.02. The van der Waals surface area contributed by atoms with Gasteiger partial charge in [-0.25, -0.2) is 9.78 Å². The number of aromatic amines is 1. The van der Waals surface area contributed by atoms with Gasteiger partial charge < -0.3 is 25.1 Å².